The van der Waals surface area contributed by atoms with Gasteiger partial charge in [0.2, 0.25) is 5.91 Å². The molecule has 94 valence electrons. The molecule has 0 aromatic heterocycles. The molecule has 0 bridgehead atoms. The van der Waals surface area contributed by atoms with Crippen LogP contribution in [-0.4, -0.2) is 40.9 Å². The number of aliphatic hydroxyl groups is 1. The lowest BCUT2D eigenvalue weighted by molar-refractivity contribution is -0.147. The fraction of sp³-hybridized carbons (Fsp3) is 0.750. The number of hydrogen-bond donors (Lipinski definition) is 3. The normalized spacial score (nSPS) is 13.2. The van der Waals surface area contributed by atoms with E-state index in [1.54, 1.807) is 0 Å². The van der Waals surface area contributed by atoms with Gasteiger partial charge in [-0.2, -0.15) is 13.2 Å². The van der Waals surface area contributed by atoms with E-state index in [1.807, 2.05) is 5.32 Å². The molecule has 0 radical (unpaired) electrons. The van der Waals surface area contributed by atoms with Crippen molar-refractivity contribution in [3.8, 4) is 0 Å². The summed E-state index contributed by atoms with van der Waals surface area (Å²) in [4.78, 5) is 21.4. The van der Waals surface area contributed by atoms with Crippen molar-refractivity contribution in [2.24, 2.45) is 0 Å². The van der Waals surface area contributed by atoms with E-state index in [1.165, 1.54) is 0 Å². The third-order valence-electron chi connectivity index (χ3n) is 1.69. The summed E-state index contributed by atoms with van der Waals surface area (Å²) in [5, 5.41) is 18.9. The van der Waals surface area contributed by atoms with Crippen molar-refractivity contribution in [1.29, 1.82) is 0 Å². The number of carbonyl (C=O) groups is 2. The van der Waals surface area contributed by atoms with Crippen molar-refractivity contribution in [3.63, 3.8) is 0 Å². The Kier molecular flexibility index (Phi) is 5.79. The molecule has 0 rings (SSSR count). The number of aliphatic hydroxyl groups excluding tert-OH is 1. The number of rotatable bonds is 6. The predicted molar refractivity (Wildman–Crippen MR) is 46.6 cm³/mol. The lowest BCUT2D eigenvalue weighted by atomic mass is 10.2. The summed E-state index contributed by atoms with van der Waals surface area (Å²) in [5.74, 6) is -2.40. The third-order valence-corrected chi connectivity index (χ3v) is 1.69. The first kappa shape index (κ1) is 14.7. The van der Waals surface area contributed by atoms with Crippen LogP contribution in [0.3, 0.4) is 0 Å². The Morgan fingerprint density at radius 3 is 2.25 bits per heavy atom. The van der Waals surface area contributed by atoms with Gasteiger partial charge in [0.25, 0.3) is 0 Å². The van der Waals surface area contributed by atoms with Crippen LogP contribution in [0, 0.1) is 0 Å². The summed E-state index contributed by atoms with van der Waals surface area (Å²) in [6.45, 7) is -0.476. The summed E-state index contributed by atoms with van der Waals surface area (Å²) in [6, 6.07) is -1.36. The standard InChI is InChI=1S/C8H12F3NO4/c9-8(10,11)3-1-6(14)12-5(2-4-13)7(15)16/h5,13H,1-4H2,(H,12,14)(H,15,16). The van der Waals surface area contributed by atoms with Gasteiger partial charge in [0.05, 0.1) is 6.42 Å². The minimum absolute atomic E-state index is 0.243. The quantitative estimate of drug-likeness (QED) is 0.625. The fourth-order valence-electron chi connectivity index (χ4n) is 0.908. The smallest absolute Gasteiger partial charge is 0.389 e. The zero-order valence-corrected chi connectivity index (χ0v) is 8.25. The number of nitrogens with one attached hydrogen (secondary N) is 1. The number of halogens is 3. The van der Waals surface area contributed by atoms with E-state index in [4.69, 9.17) is 10.2 Å². The van der Waals surface area contributed by atoms with E-state index >= 15 is 0 Å². The molecule has 0 heterocycles. The van der Waals surface area contributed by atoms with Gasteiger partial charge in [-0.3, -0.25) is 4.79 Å². The van der Waals surface area contributed by atoms with Crippen LogP contribution < -0.4 is 5.32 Å². The number of carboxylic acids is 1. The van der Waals surface area contributed by atoms with Crippen molar-refractivity contribution in [1.82, 2.24) is 5.32 Å². The Morgan fingerprint density at radius 1 is 1.31 bits per heavy atom. The average Bonchev–Trinajstić information content (AvgIpc) is 2.13. The van der Waals surface area contributed by atoms with Crippen molar-refractivity contribution in [3.05, 3.63) is 0 Å². The SMILES string of the molecule is O=C(CCC(F)(F)F)NC(CCO)C(=O)O. The Hall–Kier alpha value is -1.31. The number of aliphatic carboxylic acids is 1. The summed E-state index contributed by atoms with van der Waals surface area (Å²) in [5.41, 5.74) is 0. The van der Waals surface area contributed by atoms with Gasteiger partial charge in [0, 0.05) is 19.4 Å². The van der Waals surface area contributed by atoms with Crippen LogP contribution in [0.5, 0.6) is 0 Å². The van der Waals surface area contributed by atoms with Gasteiger partial charge in [0.15, 0.2) is 0 Å². The molecule has 0 saturated carbocycles. The molecule has 0 aliphatic rings. The van der Waals surface area contributed by atoms with Gasteiger partial charge in [-0.05, 0) is 0 Å². The average molecular weight is 243 g/mol. The number of carboxylic acid groups (broad SMARTS) is 1. The van der Waals surface area contributed by atoms with Crippen molar-refractivity contribution in [2.75, 3.05) is 6.61 Å². The zero-order chi connectivity index (χ0) is 12.8. The molecular weight excluding hydrogens is 231 g/mol. The second-order valence-corrected chi connectivity index (χ2v) is 3.09. The van der Waals surface area contributed by atoms with E-state index in [-0.39, 0.29) is 6.42 Å². The molecule has 0 fully saturated rings. The fourth-order valence-corrected chi connectivity index (χ4v) is 0.908. The van der Waals surface area contributed by atoms with E-state index in [9.17, 15) is 22.8 Å². The number of amides is 1. The molecule has 1 atom stereocenters. The Balaban J connectivity index is 4.05. The van der Waals surface area contributed by atoms with Crippen molar-refractivity contribution >= 4 is 11.9 Å². The van der Waals surface area contributed by atoms with Crippen LogP contribution in [0.4, 0.5) is 13.2 Å². The van der Waals surface area contributed by atoms with Crippen LogP contribution in [0.1, 0.15) is 19.3 Å². The summed E-state index contributed by atoms with van der Waals surface area (Å²) < 4.78 is 35.2. The van der Waals surface area contributed by atoms with E-state index in [0.29, 0.717) is 0 Å². The minimum atomic E-state index is -4.45. The van der Waals surface area contributed by atoms with Gasteiger partial charge in [-0.1, -0.05) is 0 Å². The van der Waals surface area contributed by atoms with E-state index in [2.05, 4.69) is 0 Å². The highest BCUT2D eigenvalue weighted by molar-refractivity contribution is 5.83. The Labute approximate surface area is 89.3 Å². The summed E-state index contributed by atoms with van der Waals surface area (Å²) >= 11 is 0. The van der Waals surface area contributed by atoms with Gasteiger partial charge in [-0.15, -0.1) is 0 Å². The highest BCUT2D eigenvalue weighted by atomic mass is 19.4. The maximum absolute atomic E-state index is 11.7. The minimum Gasteiger partial charge on any atom is -0.480 e. The first-order valence-electron chi connectivity index (χ1n) is 4.46. The first-order chi connectivity index (χ1) is 7.26. The van der Waals surface area contributed by atoms with Crippen LogP contribution in [0.15, 0.2) is 0 Å². The topological polar surface area (TPSA) is 86.6 Å². The van der Waals surface area contributed by atoms with Crippen LogP contribution in [-0.2, 0) is 9.59 Å². The monoisotopic (exact) mass is 243 g/mol. The highest BCUT2D eigenvalue weighted by Crippen LogP contribution is 2.21. The number of alkyl halides is 3. The third kappa shape index (κ3) is 7.04. The molecule has 1 amide bonds. The van der Waals surface area contributed by atoms with Crippen LogP contribution >= 0.6 is 0 Å². The Morgan fingerprint density at radius 2 is 1.88 bits per heavy atom. The molecule has 0 saturated heterocycles. The maximum atomic E-state index is 11.7. The summed E-state index contributed by atoms with van der Waals surface area (Å²) in [6.07, 6.45) is -6.82. The molecule has 0 aromatic rings. The van der Waals surface area contributed by atoms with E-state index in [0.717, 1.165) is 0 Å². The van der Waals surface area contributed by atoms with Crippen molar-refractivity contribution in [2.45, 2.75) is 31.5 Å². The first-order valence-corrected chi connectivity index (χ1v) is 4.46. The van der Waals surface area contributed by atoms with Crippen molar-refractivity contribution < 1.29 is 33.0 Å². The molecule has 1 unspecified atom stereocenters. The number of hydrogen-bond acceptors (Lipinski definition) is 3. The lowest BCUT2D eigenvalue weighted by Gasteiger charge is -2.13. The molecule has 16 heavy (non-hydrogen) atoms. The Bertz CT molecular complexity index is 254. The summed E-state index contributed by atoms with van der Waals surface area (Å²) in [7, 11) is 0. The maximum Gasteiger partial charge on any atom is 0.389 e. The molecular formula is C8H12F3NO4. The largest absolute Gasteiger partial charge is 0.480 e. The number of carbonyl (C=O) groups excluding carboxylic acids is 1. The molecule has 8 heteroatoms. The molecule has 3 N–H and O–H groups in total. The highest BCUT2D eigenvalue weighted by Gasteiger charge is 2.29. The zero-order valence-electron chi connectivity index (χ0n) is 8.25. The predicted octanol–water partition coefficient (Wildman–Crippen LogP) is 0.281. The molecule has 5 nitrogen and oxygen atoms in total. The van der Waals surface area contributed by atoms with Gasteiger partial charge in [0.1, 0.15) is 6.04 Å². The van der Waals surface area contributed by atoms with Gasteiger partial charge < -0.3 is 15.5 Å². The van der Waals surface area contributed by atoms with Crippen LogP contribution in [0.25, 0.3) is 0 Å². The van der Waals surface area contributed by atoms with Crippen LogP contribution in [0.2, 0.25) is 0 Å². The second-order valence-electron chi connectivity index (χ2n) is 3.09. The second kappa shape index (κ2) is 6.31. The molecule has 0 aliphatic carbocycles. The van der Waals surface area contributed by atoms with Gasteiger partial charge in [-0.25, -0.2) is 4.79 Å². The lowest BCUT2D eigenvalue weighted by Crippen LogP contribution is -2.41. The molecule has 0 aliphatic heterocycles. The van der Waals surface area contributed by atoms with Gasteiger partial charge >= 0.3 is 12.1 Å². The molecule has 0 spiro atoms. The molecule has 0 aromatic carbocycles. The van der Waals surface area contributed by atoms with E-state index < -0.39 is 43.5 Å².